The fraction of sp³-hybridized carbons (Fsp3) is 0.556. The summed E-state index contributed by atoms with van der Waals surface area (Å²) in [7, 11) is 0. The molecule has 1 atom stereocenters. The van der Waals surface area contributed by atoms with Gasteiger partial charge in [0.15, 0.2) is 5.65 Å². The maximum absolute atomic E-state index is 12.5. The van der Waals surface area contributed by atoms with Gasteiger partial charge in [-0.15, -0.1) is 16.4 Å². The van der Waals surface area contributed by atoms with Gasteiger partial charge in [-0.05, 0) is 51.0 Å². The number of nitrogens with one attached hydrogen (secondary N) is 1. The lowest BCUT2D eigenvalue weighted by molar-refractivity contribution is 0.0849. The monoisotopic (exact) mass is 371 g/mol. The van der Waals surface area contributed by atoms with Crippen LogP contribution in [0.15, 0.2) is 0 Å². The Hall–Kier alpha value is -2.06. The van der Waals surface area contributed by atoms with E-state index in [9.17, 15) is 4.79 Å². The Morgan fingerprint density at radius 2 is 2.19 bits per heavy atom. The Balaban J connectivity index is 1.53. The summed E-state index contributed by atoms with van der Waals surface area (Å²) in [6.45, 7) is 3.20. The van der Waals surface area contributed by atoms with Crippen molar-refractivity contribution in [3.8, 4) is 0 Å². The average molecular weight is 371 g/mol. The van der Waals surface area contributed by atoms with Gasteiger partial charge in [0.1, 0.15) is 10.7 Å². The van der Waals surface area contributed by atoms with Crippen molar-refractivity contribution < 1.29 is 9.53 Å². The topological polar surface area (TPSA) is 81.4 Å². The quantitative estimate of drug-likeness (QED) is 0.765. The first-order chi connectivity index (χ1) is 12.7. The number of ether oxygens (including phenoxy) is 1. The van der Waals surface area contributed by atoms with Gasteiger partial charge >= 0.3 is 0 Å². The molecule has 0 bridgehead atoms. The molecule has 1 aliphatic heterocycles. The largest absolute Gasteiger partial charge is 0.376 e. The van der Waals surface area contributed by atoms with Crippen LogP contribution in [0.2, 0.25) is 0 Å². The van der Waals surface area contributed by atoms with E-state index in [-0.39, 0.29) is 17.8 Å². The first kappa shape index (κ1) is 16.1. The van der Waals surface area contributed by atoms with E-state index in [1.807, 2.05) is 6.92 Å². The molecule has 136 valence electrons. The van der Waals surface area contributed by atoms with E-state index in [1.165, 1.54) is 23.3 Å². The molecule has 0 radical (unpaired) electrons. The molecule has 3 aromatic rings. The average Bonchev–Trinajstić information content (AvgIpc) is 3.36. The fourth-order valence-corrected chi connectivity index (χ4v) is 5.24. The number of nitrogens with zero attached hydrogens (tertiary/aromatic N) is 4. The number of hydrogen-bond donors (Lipinski definition) is 1. The molecule has 1 saturated heterocycles. The molecule has 8 heteroatoms. The van der Waals surface area contributed by atoms with Gasteiger partial charge in [-0.3, -0.25) is 4.79 Å². The van der Waals surface area contributed by atoms with Gasteiger partial charge in [0, 0.05) is 18.0 Å². The predicted molar refractivity (Wildman–Crippen MR) is 98.9 cm³/mol. The number of aryl methyl sites for hydroxylation is 3. The van der Waals surface area contributed by atoms with Crippen molar-refractivity contribution in [1.82, 2.24) is 24.9 Å². The van der Waals surface area contributed by atoms with Crippen LogP contribution in [0.4, 0.5) is 0 Å². The summed E-state index contributed by atoms with van der Waals surface area (Å²) in [5.41, 5.74) is 2.11. The maximum atomic E-state index is 12.5. The second-order valence-electron chi connectivity index (χ2n) is 7.07. The number of hydrogen-bond acceptors (Lipinski definition) is 6. The van der Waals surface area contributed by atoms with Crippen LogP contribution in [-0.2, 0) is 17.6 Å². The van der Waals surface area contributed by atoms with E-state index in [4.69, 9.17) is 9.72 Å². The summed E-state index contributed by atoms with van der Waals surface area (Å²) in [6, 6.07) is 0. The van der Waals surface area contributed by atoms with Crippen molar-refractivity contribution >= 4 is 33.1 Å². The molecule has 0 saturated carbocycles. The molecule has 1 N–H and O–H groups in total. The molecule has 0 unspecified atom stereocenters. The Morgan fingerprint density at radius 1 is 1.31 bits per heavy atom. The van der Waals surface area contributed by atoms with Crippen molar-refractivity contribution in [3.63, 3.8) is 0 Å². The fourth-order valence-electron chi connectivity index (χ4n) is 3.94. The molecule has 0 aromatic carbocycles. The highest BCUT2D eigenvalue weighted by atomic mass is 32.1. The minimum absolute atomic E-state index is 0.106. The number of fused-ring (bicyclic) bond motifs is 5. The zero-order chi connectivity index (χ0) is 17.7. The third kappa shape index (κ3) is 2.59. The molecule has 2 aliphatic rings. The van der Waals surface area contributed by atoms with E-state index < -0.39 is 0 Å². The van der Waals surface area contributed by atoms with E-state index in [2.05, 4.69) is 15.4 Å². The lowest BCUT2D eigenvalue weighted by atomic mass is 9.97. The van der Waals surface area contributed by atoms with Crippen molar-refractivity contribution in [2.75, 3.05) is 13.2 Å². The number of amides is 1. The molecule has 4 heterocycles. The zero-order valence-electron chi connectivity index (χ0n) is 14.7. The number of rotatable bonds is 3. The second-order valence-corrected chi connectivity index (χ2v) is 8.15. The van der Waals surface area contributed by atoms with Gasteiger partial charge in [-0.1, -0.05) is 0 Å². The number of thiophene rings is 1. The van der Waals surface area contributed by atoms with E-state index in [0.717, 1.165) is 54.0 Å². The van der Waals surface area contributed by atoms with Gasteiger partial charge < -0.3 is 10.1 Å². The van der Waals surface area contributed by atoms with E-state index >= 15 is 0 Å². The van der Waals surface area contributed by atoms with Crippen LogP contribution in [0.5, 0.6) is 0 Å². The molecule has 5 rings (SSSR count). The molecule has 7 nitrogen and oxygen atoms in total. The van der Waals surface area contributed by atoms with Crippen molar-refractivity contribution in [1.29, 1.82) is 0 Å². The molecule has 1 aliphatic carbocycles. The van der Waals surface area contributed by atoms with E-state index in [1.54, 1.807) is 15.9 Å². The first-order valence-corrected chi connectivity index (χ1v) is 10.1. The van der Waals surface area contributed by atoms with Crippen LogP contribution in [0.1, 0.15) is 52.6 Å². The van der Waals surface area contributed by atoms with Crippen LogP contribution < -0.4 is 5.32 Å². The van der Waals surface area contributed by atoms with Crippen LogP contribution in [0.25, 0.3) is 15.9 Å². The van der Waals surface area contributed by atoms with Gasteiger partial charge in [0.05, 0.1) is 11.5 Å². The molecule has 26 heavy (non-hydrogen) atoms. The Morgan fingerprint density at radius 3 is 3.04 bits per heavy atom. The predicted octanol–water partition coefficient (Wildman–Crippen LogP) is 2.44. The third-order valence-corrected chi connectivity index (χ3v) is 6.46. The molecule has 1 amide bonds. The van der Waals surface area contributed by atoms with Crippen LogP contribution in [-0.4, -0.2) is 44.7 Å². The van der Waals surface area contributed by atoms with Gasteiger partial charge in [0.2, 0.25) is 5.82 Å². The number of carbonyl (C=O) groups excluding carboxylic acids is 1. The summed E-state index contributed by atoms with van der Waals surface area (Å²) in [5, 5.41) is 8.42. The summed E-state index contributed by atoms with van der Waals surface area (Å²) in [5.74, 6) is 0.716. The number of aromatic nitrogens is 4. The highest BCUT2D eigenvalue weighted by molar-refractivity contribution is 7.19. The molecule has 0 spiro atoms. The second kappa shape index (κ2) is 6.28. The SMILES string of the molecule is Cc1nc2sc3c(c2c2nc(C(=O)NC[C@H]4CCCO4)nn12)CCCC3. The summed E-state index contributed by atoms with van der Waals surface area (Å²) >= 11 is 1.76. The van der Waals surface area contributed by atoms with Gasteiger partial charge in [-0.2, -0.15) is 4.52 Å². The van der Waals surface area contributed by atoms with E-state index in [0.29, 0.717) is 6.54 Å². The number of carbonyl (C=O) groups is 1. The van der Waals surface area contributed by atoms with Crippen LogP contribution >= 0.6 is 11.3 Å². The molecule has 1 fully saturated rings. The smallest absolute Gasteiger partial charge is 0.291 e. The lowest BCUT2D eigenvalue weighted by Crippen LogP contribution is -2.32. The summed E-state index contributed by atoms with van der Waals surface area (Å²) in [6.07, 6.45) is 6.76. The standard InChI is InChI=1S/C18H21N5O2S/c1-10-20-18-14(12-6-2-3-7-13(12)26-18)16-21-15(22-23(10)16)17(24)19-9-11-5-4-8-25-11/h11H,2-9H2,1H3,(H,19,24)/t11-/m1/s1. The Kier molecular flexibility index (Phi) is 3.90. The van der Waals surface area contributed by atoms with Gasteiger partial charge in [0.25, 0.3) is 5.91 Å². The Labute approximate surface area is 154 Å². The summed E-state index contributed by atoms with van der Waals surface area (Å²) < 4.78 is 7.27. The van der Waals surface area contributed by atoms with Crippen molar-refractivity contribution in [2.45, 2.75) is 51.6 Å². The summed E-state index contributed by atoms with van der Waals surface area (Å²) in [4.78, 5) is 24.3. The molecule has 3 aromatic heterocycles. The maximum Gasteiger partial charge on any atom is 0.291 e. The van der Waals surface area contributed by atoms with Crippen LogP contribution in [0, 0.1) is 6.92 Å². The normalized spacial score (nSPS) is 20.0. The van der Waals surface area contributed by atoms with Crippen LogP contribution in [0.3, 0.4) is 0 Å². The first-order valence-electron chi connectivity index (χ1n) is 9.28. The third-order valence-electron chi connectivity index (χ3n) is 5.27. The van der Waals surface area contributed by atoms with Crippen molar-refractivity contribution in [2.24, 2.45) is 0 Å². The molecular formula is C18H21N5O2S. The highest BCUT2D eigenvalue weighted by Gasteiger charge is 2.24. The van der Waals surface area contributed by atoms with Gasteiger partial charge in [-0.25, -0.2) is 9.97 Å². The highest BCUT2D eigenvalue weighted by Crippen LogP contribution is 2.37. The molecular weight excluding hydrogens is 350 g/mol. The zero-order valence-corrected chi connectivity index (χ0v) is 15.6. The lowest BCUT2D eigenvalue weighted by Gasteiger charge is -2.10. The minimum atomic E-state index is -0.249. The van der Waals surface area contributed by atoms with Crippen molar-refractivity contribution in [3.05, 3.63) is 22.1 Å². The minimum Gasteiger partial charge on any atom is -0.376 e. The Bertz CT molecular complexity index is 1000.